The summed E-state index contributed by atoms with van der Waals surface area (Å²) < 4.78 is 5.36. The molecule has 2 aromatic rings. The van der Waals surface area contributed by atoms with E-state index >= 15 is 0 Å². The van der Waals surface area contributed by atoms with E-state index in [4.69, 9.17) is 27.9 Å². The van der Waals surface area contributed by atoms with Gasteiger partial charge in [0.15, 0.2) is 0 Å². The van der Waals surface area contributed by atoms with Gasteiger partial charge >= 0.3 is 0 Å². The second-order valence-electron chi connectivity index (χ2n) is 7.16. The lowest BCUT2D eigenvalue weighted by Crippen LogP contribution is -2.36. The average Bonchev–Trinajstić information content (AvgIpc) is 2.75. The van der Waals surface area contributed by atoms with Crippen molar-refractivity contribution in [1.82, 2.24) is 4.90 Å². The molecule has 6 nitrogen and oxygen atoms in total. The number of likely N-dealkylation sites (N-methyl/N-ethyl adjacent to an activating group) is 1. The molecule has 0 bridgehead atoms. The Kier molecular flexibility index (Phi) is 7.96. The first-order valence-electron chi connectivity index (χ1n) is 9.83. The number of hydrogen-bond acceptors (Lipinski definition) is 4. The second kappa shape index (κ2) is 10.7. The Hall–Kier alpha value is -2.28. The van der Waals surface area contributed by atoms with Crippen LogP contribution < -0.4 is 10.2 Å². The minimum absolute atomic E-state index is 0.0205. The van der Waals surface area contributed by atoms with Crippen LogP contribution in [0.3, 0.4) is 0 Å². The van der Waals surface area contributed by atoms with Crippen LogP contribution >= 0.6 is 23.2 Å². The highest BCUT2D eigenvalue weighted by atomic mass is 35.5. The van der Waals surface area contributed by atoms with Crippen LogP contribution in [0.25, 0.3) is 0 Å². The lowest BCUT2D eigenvalue weighted by Gasteiger charge is -2.28. The van der Waals surface area contributed by atoms with Crippen LogP contribution in [-0.2, 0) is 20.7 Å². The van der Waals surface area contributed by atoms with Crippen molar-refractivity contribution in [2.45, 2.75) is 12.8 Å². The molecular weight excluding hydrogens is 425 g/mol. The number of rotatable bonds is 7. The molecule has 3 rings (SSSR count). The number of ether oxygens (including phenoxy) is 1. The van der Waals surface area contributed by atoms with Crippen LogP contribution in [0.1, 0.15) is 12.0 Å². The molecule has 1 saturated heterocycles. The van der Waals surface area contributed by atoms with Crippen molar-refractivity contribution in [3.05, 3.63) is 58.1 Å². The number of halogens is 2. The molecule has 0 spiro atoms. The zero-order valence-corrected chi connectivity index (χ0v) is 18.4. The van der Waals surface area contributed by atoms with Gasteiger partial charge in [-0.05, 0) is 42.3 Å². The number of amides is 2. The van der Waals surface area contributed by atoms with Gasteiger partial charge in [0.2, 0.25) is 11.8 Å². The monoisotopic (exact) mass is 449 g/mol. The van der Waals surface area contributed by atoms with Gasteiger partial charge in [0.1, 0.15) is 0 Å². The number of hydrogen-bond donors (Lipinski definition) is 1. The molecule has 0 unspecified atom stereocenters. The molecule has 0 aromatic heterocycles. The lowest BCUT2D eigenvalue weighted by atomic mass is 10.1. The van der Waals surface area contributed by atoms with Gasteiger partial charge in [-0.2, -0.15) is 0 Å². The van der Waals surface area contributed by atoms with E-state index < -0.39 is 0 Å². The molecule has 0 saturated carbocycles. The maximum absolute atomic E-state index is 12.4. The minimum Gasteiger partial charge on any atom is -0.378 e. The molecular formula is C22H25Cl2N3O3. The molecule has 0 aliphatic carbocycles. The van der Waals surface area contributed by atoms with Crippen LogP contribution in [0.2, 0.25) is 10.0 Å². The number of nitrogens with zero attached hydrogens (tertiary/aromatic N) is 2. The predicted octanol–water partition coefficient (Wildman–Crippen LogP) is 3.86. The van der Waals surface area contributed by atoms with Crippen LogP contribution in [0.4, 0.5) is 11.4 Å². The van der Waals surface area contributed by atoms with Gasteiger partial charge in [-0.25, -0.2) is 0 Å². The van der Waals surface area contributed by atoms with Crippen molar-refractivity contribution in [1.29, 1.82) is 0 Å². The Morgan fingerprint density at radius 2 is 1.80 bits per heavy atom. The maximum atomic E-state index is 12.4. The zero-order chi connectivity index (χ0) is 21.5. The van der Waals surface area contributed by atoms with Gasteiger partial charge in [0.05, 0.1) is 29.8 Å². The van der Waals surface area contributed by atoms with E-state index in [0.717, 1.165) is 37.6 Å². The minimum atomic E-state index is -0.245. The number of aryl methyl sites for hydroxylation is 1. The second-order valence-corrected chi connectivity index (χ2v) is 7.94. The van der Waals surface area contributed by atoms with Crippen LogP contribution in [0, 0.1) is 0 Å². The topological polar surface area (TPSA) is 61.9 Å². The quantitative estimate of drug-likeness (QED) is 0.696. The van der Waals surface area contributed by atoms with Crippen LogP contribution in [0.15, 0.2) is 42.5 Å². The highest BCUT2D eigenvalue weighted by Gasteiger charge is 2.15. The summed E-state index contributed by atoms with van der Waals surface area (Å²) in [5, 5.41) is 3.77. The number of carbonyl (C=O) groups excluding carboxylic acids is 2. The fourth-order valence-corrected chi connectivity index (χ4v) is 3.67. The average molecular weight is 450 g/mol. The summed E-state index contributed by atoms with van der Waals surface area (Å²) in [4.78, 5) is 28.3. The lowest BCUT2D eigenvalue weighted by molar-refractivity contribution is -0.133. The predicted molar refractivity (Wildman–Crippen MR) is 121 cm³/mol. The van der Waals surface area contributed by atoms with Gasteiger partial charge in [0, 0.05) is 37.9 Å². The van der Waals surface area contributed by atoms with Crippen molar-refractivity contribution < 1.29 is 14.3 Å². The Bertz CT molecular complexity index is 884. The van der Waals surface area contributed by atoms with Gasteiger partial charge in [-0.15, -0.1) is 0 Å². The van der Waals surface area contributed by atoms with Crippen molar-refractivity contribution in [3.8, 4) is 0 Å². The summed E-state index contributed by atoms with van der Waals surface area (Å²) in [5.41, 5.74) is 2.61. The molecule has 1 heterocycles. The highest BCUT2D eigenvalue weighted by Crippen LogP contribution is 2.26. The van der Waals surface area contributed by atoms with Crippen molar-refractivity contribution >= 4 is 46.4 Å². The van der Waals surface area contributed by atoms with Gasteiger partial charge in [-0.3, -0.25) is 9.59 Å². The summed E-state index contributed by atoms with van der Waals surface area (Å²) in [6.45, 7) is 3.15. The number of carbonyl (C=O) groups is 2. The maximum Gasteiger partial charge on any atom is 0.243 e. The summed E-state index contributed by atoms with van der Waals surface area (Å²) in [6, 6.07) is 13.0. The van der Waals surface area contributed by atoms with Gasteiger partial charge in [0.25, 0.3) is 0 Å². The van der Waals surface area contributed by atoms with Crippen molar-refractivity contribution in [3.63, 3.8) is 0 Å². The van der Waals surface area contributed by atoms with Gasteiger partial charge in [-0.1, -0.05) is 35.3 Å². The largest absolute Gasteiger partial charge is 0.378 e. The molecule has 1 aliphatic heterocycles. The third kappa shape index (κ3) is 6.11. The van der Waals surface area contributed by atoms with E-state index in [-0.39, 0.29) is 24.8 Å². The van der Waals surface area contributed by atoms with E-state index in [1.165, 1.54) is 4.90 Å². The fourth-order valence-electron chi connectivity index (χ4n) is 3.26. The summed E-state index contributed by atoms with van der Waals surface area (Å²) >= 11 is 12.2. The first kappa shape index (κ1) is 22.4. The molecule has 30 heavy (non-hydrogen) atoms. The normalized spacial score (nSPS) is 13.8. The first-order valence-corrected chi connectivity index (χ1v) is 10.6. The summed E-state index contributed by atoms with van der Waals surface area (Å²) in [7, 11) is 1.61. The SMILES string of the molecule is CN(CC(=O)Nc1ccc(N2CCOCC2)cc1)C(=O)CCc1cccc(Cl)c1Cl. The third-order valence-corrected chi connectivity index (χ3v) is 5.83. The van der Waals surface area contributed by atoms with Gasteiger partial charge < -0.3 is 19.9 Å². The Morgan fingerprint density at radius 1 is 1.10 bits per heavy atom. The molecule has 0 atom stereocenters. The van der Waals surface area contributed by atoms with E-state index in [1.807, 2.05) is 30.3 Å². The summed E-state index contributed by atoms with van der Waals surface area (Å²) in [5.74, 6) is -0.380. The van der Waals surface area contributed by atoms with Crippen LogP contribution in [-0.4, -0.2) is 56.6 Å². The number of benzene rings is 2. The standard InChI is InChI=1S/C22H25Cl2N3O3/c1-26(21(29)10-5-16-3-2-4-19(23)22(16)24)15-20(28)25-17-6-8-18(9-7-17)27-11-13-30-14-12-27/h2-4,6-9H,5,10-15H2,1H3,(H,25,28). The summed E-state index contributed by atoms with van der Waals surface area (Å²) in [6.07, 6.45) is 0.714. The molecule has 2 amide bonds. The van der Waals surface area contributed by atoms with E-state index in [0.29, 0.717) is 22.2 Å². The smallest absolute Gasteiger partial charge is 0.243 e. The van der Waals surface area contributed by atoms with E-state index in [9.17, 15) is 9.59 Å². The highest BCUT2D eigenvalue weighted by molar-refractivity contribution is 6.42. The number of nitrogens with one attached hydrogen (secondary N) is 1. The van der Waals surface area contributed by atoms with Crippen molar-refractivity contribution in [2.75, 3.05) is 50.1 Å². The number of morpholine rings is 1. The molecule has 1 N–H and O–H groups in total. The first-order chi connectivity index (χ1) is 14.4. The molecule has 0 radical (unpaired) electrons. The Balaban J connectivity index is 1.46. The molecule has 1 aliphatic rings. The third-order valence-electron chi connectivity index (χ3n) is 4.97. The van der Waals surface area contributed by atoms with Crippen molar-refractivity contribution in [2.24, 2.45) is 0 Å². The van der Waals surface area contributed by atoms with E-state index in [1.54, 1.807) is 19.2 Å². The Labute approximate surface area is 186 Å². The fraction of sp³-hybridized carbons (Fsp3) is 0.364. The molecule has 2 aromatic carbocycles. The van der Waals surface area contributed by atoms with Crippen LogP contribution in [0.5, 0.6) is 0 Å². The number of anilines is 2. The molecule has 160 valence electrons. The van der Waals surface area contributed by atoms with E-state index in [2.05, 4.69) is 10.2 Å². The molecule has 1 fully saturated rings. The molecule has 8 heteroatoms. The Morgan fingerprint density at radius 3 is 2.50 bits per heavy atom. The zero-order valence-electron chi connectivity index (χ0n) is 16.9.